The highest BCUT2D eigenvalue weighted by molar-refractivity contribution is 8.69. The van der Waals surface area contributed by atoms with Gasteiger partial charge in [0, 0.05) is 5.69 Å². The molecule has 0 radical (unpaired) electrons. The molecule has 0 saturated heterocycles. The lowest BCUT2D eigenvalue weighted by Gasteiger charge is -2.45. The van der Waals surface area contributed by atoms with Gasteiger partial charge in [0.2, 0.25) is 0 Å². The molecule has 0 spiro atoms. The predicted molar refractivity (Wildman–Crippen MR) is 113 cm³/mol. The van der Waals surface area contributed by atoms with Crippen molar-refractivity contribution < 1.29 is 0 Å². The van der Waals surface area contributed by atoms with Crippen LogP contribution in [0, 0.1) is 0 Å². The summed E-state index contributed by atoms with van der Waals surface area (Å²) in [7, 11) is -1.65. The zero-order chi connectivity index (χ0) is 16.6. The first-order valence-corrected chi connectivity index (χ1v) is 16.7. The summed E-state index contributed by atoms with van der Waals surface area (Å²) in [5, 5.41) is 0. The molecule has 1 aromatic carbocycles. The molecule has 21 heavy (non-hydrogen) atoms. The molecular formula is C15H29NS3Si2. The second-order valence-corrected chi connectivity index (χ2v) is 23.1. The zero-order valence-electron chi connectivity index (χ0n) is 14.2. The van der Waals surface area contributed by atoms with Crippen molar-refractivity contribution in [3.05, 3.63) is 29.3 Å². The molecule has 0 unspecified atom stereocenters. The molecule has 1 nitrogen and oxygen atoms in total. The molecule has 0 atom stereocenters. The lowest BCUT2D eigenvalue weighted by molar-refractivity contribution is 0.835. The van der Waals surface area contributed by atoms with Gasteiger partial charge in [0.15, 0.2) is 0 Å². The van der Waals surface area contributed by atoms with E-state index in [1.165, 1.54) is 16.8 Å². The third-order valence-electron chi connectivity index (χ3n) is 3.54. The average Bonchev–Trinajstić information content (AvgIpc) is 2.24. The van der Waals surface area contributed by atoms with Crippen molar-refractivity contribution in [2.45, 2.75) is 59.2 Å². The standard InChI is InChI=1S/C15H29NS3Si2/c1-11(2)13-9-8-10-14(12(3)4)15(13)16(20(5,6)7)21(17,18)19/h8-12,17-19H,1-7H3. The van der Waals surface area contributed by atoms with Gasteiger partial charge in [-0.3, -0.25) is 0 Å². The van der Waals surface area contributed by atoms with Crippen molar-refractivity contribution in [3.8, 4) is 0 Å². The van der Waals surface area contributed by atoms with E-state index in [1.807, 2.05) is 0 Å². The normalized spacial score (nSPS) is 13.1. The molecule has 0 aliphatic rings. The molecule has 6 heteroatoms. The van der Waals surface area contributed by atoms with Crippen LogP contribution in [0.15, 0.2) is 18.2 Å². The number of thiol groups is 3. The van der Waals surface area contributed by atoms with E-state index in [0.29, 0.717) is 11.8 Å². The maximum Gasteiger partial charge on any atom is 0.329 e. The largest absolute Gasteiger partial charge is 0.401 e. The molecular weight excluding hydrogens is 347 g/mol. The first-order valence-electron chi connectivity index (χ1n) is 7.47. The van der Waals surface area contributed by atoms with Crippen molar-refractivity contribution in [2.75, 3.05) is 4.23 Å². The molecule has 120 valence electrons. The maximum absolute atomic E-state index is 4.81. The van der Waals surface area contributed by atoms with Crippen LogP contribution >= 0.6 is 36.2 Å². The lowest BCUT2D eigenvalue weighted by atomic mass is 9.93. The molecule has 0 heterocycles. The number of para-hydroxylation sites is 1. The van der Waals surface area contributed by atoms with Crippen molar-refractivity contribution in [1.29, 1.82) is 0 Å². The van der Waals surface area contributed by atoms with Crippen molar-refractivity contribution in [2.24, 2.45) is 0 Å². The van der Waals surface area contributed by atoms with E-state index >= 15 is 0 Å². The fraction of sp³-hybridized carbons (Fsp3) is 0.600. The summed E-state index contributed by atoms with van der Waals surface area (Å²) in [5.74, 6) is 0.952. The van der Waals surface area contributed by atoms with Crippen molar-refractivity contribution in [1.82, 2.24) is 0 Å². The van der Waals surface area contributed by atoms with Gasteiger partial charge in [-0.25, -0.2) is 0 Å². The highest BCUT2D eigenvalue weighted by atomic mass is 32.7. The van der Waals surface area contributed by atoms with Crippen LogP contribution in [0.2, 0.25) is 19.6 Å². The molecule has 0 fully saturated rings. The van der Waals surface area contributed by atoms with Gasteiger partial charge >= 0.3 is 5.68 Å². The maximum atomic E-state index is 4.81. The van der Waals surface area contributed by atoms with Gasteiger partial charge in [0.05, 0.1) is 0 Å². The summed E-state index contributed by atoms with van der Waals surface area (Å²) < 4.78 is 2.49. The zero-order valence-corrected chi connectivity index (χ0v) is 18.9. The molecule has 0 aliphatic heterocycles. The average molecular weight is 376 g/mol. The minimum absolute atomic E-state index is 0.476. The van der Waals surface area contributed by atoms with Crippen LogP contribution < -0.4 is 4.23 Å². The highest BCUT2D eigenvalue weighted by Crippen LogP contribution is 2.43. The number of hydrogen-bond acceptors (Lipinski definition) is 4. The fourth-order valence-electron chi connectivity index (χ4n) is 2.71. The monoisotopic (exact) mass is 375 g/mol. The Hall–Kier alpha value is 0.504. The Balaban J connectivity index is 3.71. The van der Waals surface area contributed by atoms with Crippen LogP contribution in [0.5, 0.6) is 0 Å². The molecule has 0 aromatic heterocycles. The Bertz CT molecular complexity index is 450. The van der Waals surface area contributed by atoms with Gasteiger partial charge in [-0.2, -0.15) is 36.2 Å². The quantitative estimate of drug-likeness (QED) is 0.433. The van der Waals surface area contributed by atoms with E-state index in [0.717, 1.165) is 0 Å². The molecule has 1 rings (SSSR count). The Morgan fingerprint density at radius 1 is 0.857 bits per heavy atom. The summed E-state index contributed by atoms with van der Waals surface area (Å²) >= 11 is 14.4. The van der Waals surface area contributed by atoms with E-state index in [9.17, 15) is 0 Å². The second kappa shape index (κ2) is 6.95. The van der Waals surface area contributed by atoms with Crippen molar-refractivity contribution in [3.63, 3.8) is 0 Å². The van der Waals surface area contributed by atoms with E-state index in [2.05, 4.69) is 69.8 Å². The van der Waals surface area contributed by atoms with Gasteiger partial charge < -0.3 is 4.23 Å². The van der Waals surface area contributed by atoms with Crippen LogP contribution in [-0.4, -0.2) is 13.9 Å². The summed E-state index contributed by atoms with van der Waals surface area (Å²) in [6.07, 6.45) is 0. The smallest absolute Gasteiger partial charge is 0.329 e. The van der Waals surface area contributed by atoms with Gasteiger partial charge in [-0.1, -0.05) is 65.5 Å². The van der Waals surface area contributed by atoms with E-state index < -0.39 is 13.9 Å². The Labute approximate surface area is 148 Å². The van der Waals surface area contributed by atoms with Gasteiger partial charge in [-0.05, 0) is 23.0 Å². The second-order valence-electron chi connectivity index (χ2n) is 7.20. The third-order valence-corrected chi connectivity index (χ3v) is 12.4. The molecule has 1 aromatic rings. The van der Waals surface area contributed by atoms with Crippen LogP contribution in [0.3, 0.4) is 0 Å². The topological polar surface area (TPSA) is 3.24 Å². The number of anilines is 1. The number of nitrogens with zero attached hydrogens (tertiary/aromatic N) is 1. The van der Waals surface area contributed by atoms with E-state index in [-0.39, 0.29) is 0 Å². The number of rotatable bonds is 5. The van der Waals surface area contributed by atoms with Gasteiger partial charge in [0.1, 0.15) is 8.24 Å². The minimum Gasteiger partial charge on any atom is -0.401 e. The van der Waals surface area contributed by atoms with Crippen LogP contribution in [0.1, 0.15) is 50.7 Å². The van der Waals surface area contributed by atoms with Crippen molar-refractivity contribution >= 4 is 55.8 Å². The van der Waals surface area contributed by atoms with Crippen LogP contribution in [0.25, 0.3) is 0 Å². The van der Waals surface area contributed by atoms with Gasteiger partial charge in [-0.15, -0.1) is 0 Å². The van der Waals surface area contributed by atoms with Crippen LogP contribution in [0.4, 0.5) is 5.69 Å². The SMILES string of the molecule is CC(C)c1cccc(C(C)C)c1N([Si](C)(C)C)[Si](S)(S)S. The van der Waals surface area contributed by atoms with E-state index in [4.69, 9.17) is 36.2 Å². The Morgan fingerprint density at radius 2 is 1.24 bits per heavy atom. The number of hydrogen-bond donors (Lipinski definition) is 3. The summed E-state index contributed by atoms with van der Waals surface area (Å²) in [5.41, 5.74) is 1.78. The first kappa shape index (κ1) is 19.6. The third kappa shape index (κ3) is 4.74. The highest BCUT2D eigenvalue weighted by Gasteiger charge is 2.40. The lowest BCUT2D eigenvalue weighted by Crippen LogP contribution is -2.57. The van der Waals surface area contributed by atoms with Crippen LogP contribution in [-0.2, 0) is 0 Å². The minimum atomic E-state index is -2.34. The molecule has 0 aliphatic carbocycles. The molecule has 0 bridgehead atoms. The molecule has 0 N–H and O–H groups in total. The fourth-order valence-corrected chi connectivity index (χ4v) is 16.8. The summed E-state index contributed by atoms with van der Waals surface area (Å²) in [6.45, 7) is 16.1. The van der Waals surface area contributed by atoms with Gasteiger partial charge in [0.25, 0.3) is 0 Å². The number of benzene rings is 1. The Morgan fingerprint density at radius 3 is 1.48 bits per heavy atom. The predicted octanol–water partition coefficient (Wildman–Crippen LogP) is 5.80. The summed E-state index contributed by atoms with van der Waals surface area (Å²) in [6, 6.07) is 6.67. The molecule has 0 saturated carbocycles. The molecule has 0 amide bonds. The summed E-state index contributed by atoms with van der Waals surface area (Å²) in [4.78, 5) is 0. The van der Waals surface area contributed by atoms with E-state index in [1.54, 1.807) is 0 Å². The Kier molecular flexibility index (Phi) is 6.47. The first-order chi connectivity index (χ1) is 9.37.